The predicted octanol–water partition coefficient (Wildman–Crippen LogP) is 1.34. The molecular formula is C11H21BN2O2. The van der Waals surface area contributed by atoms with Gasteiger partial charge in [0.25, 0.3) is 0 Å². The summed E-state index contributed by atoms with van der Waals surface area (Å²) in [6, 6.07) is 0. The van der Waals surface area contributed by atoms with Crippen LogP contribution in [0.3, 0.4) is 0 Å². The highest BCUT2D eigenvalue weighted by Gasteiger charge is 2.59. The third kappa shape index (κ3) is 1.50. The van der Waals surface area contributed by atoms with E-state index in [0.717, 1.165) is 0 Å². The number of rotatable bonds is 1. The fourth-order valence-electron chi connectivity index (χ4n) is 1.89. The van der Waals surface area contributed by atoms with Crippen LogP contribution in [0.4, 0.5) is 0 Å². The molecule has 0 saturated carbocycles. The fourth-order valence-corrected chi connectivity index (χ4v) is 1.89. The average Bonchev–Trinajstić information content (AvgIpc) is 2.55. The zero-order chi connectivity index (χ0) is 12.2. The summed E-state index contributed by atoms with van der Waals surface area (Å²) in [5.41, 5.74) is 2.32. The molecule has 0 aromatic carbocycles. The summed E-state index contributed by atoms with van der Waals surface area (Å²) in [4.78, 5) is 0. The Labute approximate surface area is 98.1 Å². The van der Waals surface area contributed by atoms with Crippen molar-refractivity contribution in [2.45, 2.75) is 51.3 Å². The lowest BCUT2D eigenvalue weighted by Crippen LogP contribution is -2.56. The first-order valence-corrected chi connectivity index (χ1v) is 5.72. The van der Waals surface area contributed by atoms with Crippen molar-refractivity contribution in [2.24, 2.45) is 0 Å². The van der Waals surface area contributed by atoms with Gasteiger partial charge in [0.2, 0.25) is 0 Å². The standard InChI is InChI=1S/C11H21BN2O2/c1-9(2)10(3,4)16-12(15-9)11(5)7-8-13-14(11)6/h7-8,13H,1-6H3. The SMILES string of the molecule is CN1NC=CC1(C)B1OC(C)(C)C(C)(C)O1. The van der Waals surface area contributed by atoms with Crippen LogP contribution in [0.15, 0.2) is 12.3 Å². The molecule has 0 aliphatic carbocycles. The van der Waals surface area contributed by atoms with Crippen molar-refractivity contribution in [1.29, 1.82) is 0 Å². The first-order chi connectivity index (χ1) is 7.19. The molecule has 2 rings (SSSR count). The molecule has 0 bridgehead atoms. The van der Waals surface area contributed by atoms with Gasteiger partial charge in [0.15, 0.2) is 0 Å². The monoisotopic (exact) mass is 224 g/mol. The van der Waals surface area contributed by atoms with Crippen LogP contribution in [-0.4, -0.2) is 35.8 Å². The highest BCUT2D eigenvalue weighted by atomic mass is 16.7. The molecule has 1 saturated heterocycles. The Morgan fingerprint density at radius 1 is 1.06 bits per heavy atom. The van der Waals surface area contributed by atoms with Crippen molar-refractivity contribution >= 4 is 7.12 Å². The van der Waals surface area contributed by atoms with Crippen LogP contribution in [0.1, 0.15) is 34.6 Å². The first-order valence-electron chi connectivity index (χ1n) is 5.72. The predicted molar refractivity (Wildman–Crippen MR) is 64.5 cm³/mol. The molecule has 2 aliphatic rings. The second-order valence-electron chi connectivity index (χ2n) is 5.84. The Hall–Kier alpha value is -0.515. The molecule has 0 spiro atoms. The van der Waals surface area contributed by atoms with E-state index < -0.39 is 0 Å². The summed E-state index contributed by atoms with van der Waals surface area (Å²) in [5, 5.41) is 2.01. The topological polar surface area (TPSA) is 33.7 Å². The van der Waals surface area contributed by atoms with Crippen LogP contribution in [0.5, 0.6) is 0 Å². The molecule has 0 radical (unpaired) electrons. The van der Waals surface area contributed by atoms with Crippen LogP contribution in [0, 0.1) is 0 Å². The smallest absolute Gasteiger partial charge is 0.402 e. The van der Waals surface area contributed by atoms with Crippen LogP contribution in [0.25, 0.3) is 0 Å². The maximum absolute atomic E-state index is 6.07. The first kappa shape index (κ1) is 12.0. The summed E-state index contributed by atoms with van der Waals surface area (Å²) in [7, 11) is 1.74. The maximum atomic E-state index is 6.07. The van der Waals surface area contributed by atoms with Crippen LogP contribution >= 0.6 is 0 Å². The second kappa shape index (κ2) is 3.25. The molecule has 0 amide bonds. The average molecular weight is 224 g/mol. The number of hydrazine groups is 1. The minimum Gasteiger partial charge on any atom is -0.402 e. The van der Waals surface area contributed by atoms with Gasteiger partial charge in [-0.2, -0.15) is 0 Å². The Balaban J connectivity index is 2.24. The van der Waals surface area contributed by atoms with Crippen molar-refractivity contribution in [3.63, 3.8) is 0 Å². The molecule has 2 aliphatic heterocycles. The summed E-state index contributed by atoms with van der Waals surface area (Å²) in [6.07, 6.45) is 4.00. The van der Waals surface area contributed by atoms with E-state index >= 15 is 0 Å². The number of nitrogens with one attached hydrogen (secondary N) is 1. The third-order valence-electron chi connectivity index (χ3n) is 4.14. The summed E-state index contributed by atoms with van der Waals surface area (Å²) >= 11 is 0. The number of hydrogen-bond acceptors (Lipinski definition) is 4. The van der Waals surface area contributed by atoms with E-state index in [-0.39, 0.29) is 23.8 Å². The van der Waals surface area contributed by atoms with Crippen LogP contribution in [0.2, 0.25) is 0 Å². The normalized spacial score (nSPS) is 36.8. The van der Waals surface area contributed by atoms with Gasteiger partial charge in [-0.25, -0.2) is 5.01 Å². The van der Waals surface area contributed by atoms with E-state index in [0.29, 0.717) is 0 Å². The molecule has 1 N–H and O–H groups in total. The molecule has 5 heteroatoms. The molecule has 0 aromatic heterocycles. The van der Waals surface area contributed by atoms with Crippen molar-refractivity contribution in [1.82, 2.24) is 10.4 Å². The molecule has 1 atom stereocenters. The largest absolute Gasteiger partial charge is 0.485 e. The van der Waals surface area contributed by atoms with Gasteiger partial charge in [-0.3, -0.25) is 0 Å². The van der Waals surface area contributed by atoms with E-state index in [9.17, 15) is 0 Å². The van der Waals surface area contributed by atoms with Gasteiger partial charge in [0.1, 0.15) is 0 Å². The summed E-state index contributed by atoms with van der Waals surface area (Å²) in [5.74, 6) is 0. The van der Waals surface area contributed by atoms with Gasteiger partial charge < -0.3 is 14.7 Å². The van der Waals surface area contributed by atoms with Crippen LogP contribution < -0.4 is 5.43 Å². The number of nitrogens with zero attached hydrogens (tertiary/aromatic N) is 1. The molecule has 2 heterocycles. The zero-order valence-corrected chi connectivity index (χ0v) is 11.0. The molecule has 90 valence electrons. The zero-order valence-electron chi connectivity index (χ0n) is 11.0. The minimum atomic E-state index is -0.280. The summed E-state index contributed by atoms with van der Waals surface area (Å²) < 4.78 is 12.1. The molecule has 4 nitrogen and oxygen atoms in total. The summed E-state index contributed by atoms with van der Waals surface area (Å²) in [6.45, 7) is 10.4. The Bertz CT molecular complexity index is 314. The van der Waals surface area contributed by atoms with E-state index in [1.54, 1.807) is 0 Å². The molecular weight excluding hydrogens is 203 g/mol. The Morgan fingerprint density at radius 3 is 1.94 bits per heavy atom. The van der Waals surface area contributed by atoms with Gasteiger partial charge in [0.05, 0.1) is 16.6 Å². The minimum absolute atomic E-state index is 0.256. The molecule has 0 aromatic rings. The number of hydrogen-bond donors (Lipinski definition) is 1. The maximum Gasteiger partial charge on any atom is 0.485 e. The van der Waals surface area contributed by atoms with Gasteiger partial charge in [0, 0.05) is 13.2 Å². The highest BCUT2D eigenvalue weighted by molar-refractivity contribution is 6.50. The Morgan fingerprint density at radius 2 is 1.56 bits per heavy atom. The Kier molecular flexibility index (Phi) is 2.43. The van der Waals surface area contributed by atoms with Crippen molar-refractivity contribution in [3.05, 3.63) is 12.3 Å². The van der Waals surface area contributed by atoms with E-state index in [1.807, 2.05) is 18.3 Å². The van der Waals surface area contributed by atoms with Crippen molar-refractivity contribution in [3.8, 4) is 0 Å². The number of likely N-dealkylation sites (N-methyl/N-ethyl adjacent to an activating group) is 1. The van der Waals surface area contributed by atoms with Gasteiger partial charge in [-0.15, -0.1) is 0 Å². The van der Waals surface area contributed by atoms with Gasteiger partial charge in [-0.05, 0) is 40.7 Å². The molecule has 1 unspecified atom stereocenters. The lowest BCUT2D eigenvalue weighted by Gasteiger charge is -2.32. The lowest BCUT2D eigenvalue weighted by atomic mass is 9.65. The van der Waals surface area contributed by atoms with E-state index in [1.165, 1.54) is 0 Å². The van der Waals surface area contributed by atoms with E-state index in [4.69, 9.17) is 9.31 Å². The van der Waals surface area contributed by atoms with Crippen LogP contribution in [-0.2, 0) is 9.31 Å². The second-order valence-corrected chi connectivity index (χ2v) is 5.84. The van der Waals surface area contributed by atoms with Crippen molar-refractivity contribution < 1.29 is 9.31 Å². The lowest BCUT2D eigenvalue weighted by molar-refractivity contribution is 0.00578. The molecule has 16 heavy (non-hydrogen) atoms. The fraction of sp³-hybridized carbons (Fsp3) is 0.818. The van der Waals surface area contributed by atoms with Gasteiger partial charge >= 0.3 is 7.12 Å². The van der Waals surface area contributed by atoms with E-state index in [2.05, 4.69) is 46.1 Å². The molecule has 1 fully saturated rings. The third-order valence-corrected chi connectivity index (χ3v) is 4.14. The van der Waals surface area contributed by atoms with Gasteiger partial charge in [-0.1, -0.05) is 0 Å². The highest BCUT2D eigenvalue weighted by Crippen LogP contribution is 2.41. The quantitative estimate of drug-likeness (QED) is 0.681. The van der Waals surface area contributed by atoms with Crippen molar-refractivity contribution in [2.75, 3.05) is 7.05 Å².